The number of piperidine rings is 2. The number of carbonyl (C=O) groups is 1. The molecule has 3 heterocycles. The van der Waals surface area contributed by atoms with Gasteiger partial charge in [-0.3, -0.25) is 9.48 Å². The molecule has 2 aliphatic rings. The van der Waals surface area contributed by atoms with Crippen LogP contribution in [0.1, 0.15) is 32.1 Å². The van der Waals surface area contributed by atoms with Crippen LogP contribution >= 0.6 is 11.6 Å². The number of likely N-dealkylation sites (tertiary alicyclic amines) is 2. The van der Waals surface area contributed by atoms with Gasteiger partial charge in [-0.25, -0.2) is 0 Å². The summed E-state index contributed by atoms with van der Waals surface area (Å²) in [5.41, 5.74) is 0.265. The maximum Gasteiger partial charge on any atom is 0.222 e. The molecular weight excluding hydrogens is 340 g/mol. The number of carbonyl (C=O) groups excluding carboxylic acids is 1. The quantitative estimate of drug-likeness (QED) is 0.693. The van der Waals surface area contributed by atoms with Gasteiger partial charge in [-0.1, -0.05) is 11.6 Å². The molecule has 25 heavy (non-hydrogen) atoms. The monoisotopic (exact) mass is 368 g/mol. The van der Waals surface area contributed by atoms with Crippen molar-refractivity contribution < 1.29 is 9.53 Å². The molecule has 7 heteroatoms. The lowest BCUT2D eigenvalue weighted by atomic mass is 9.73. The van der Waals surface area contributed by atoms with Gasteiger partial charge in [-0.15, -0.1) is 0 Å². The first-order valence-electron chi connectivity index (χ1n) is 9.27. The molecular formula is C18H29ClN4O2. The van der Waals surface area contributed by atoms with E-state index in [1.807, 2.05) is 10.9 Å². The number of ether oxygens (including phenoxy) is 1. The number of amides is 1. The Morgan fingerprint density at radius 1 is 1.28 bits per heavy atom. The first-order chi connectivity index (χ1) is 12.1. The van der Waals surface area contributed by atoms with E-state index in [9.17, 15) is 4.79 Å². The lowest BCUT2D eigenvalue weighted by Crippen LogP contribution is -2.54. The van der Waals surface area contributed by atoms with Crippen LogP contribution in [0.4, 0.5) is 0 Å². The van der Waals surface area contributed by atoms with Crippen molar-refractivity contribution in [1.82, 2.24) is 19.6 Å². The fourth-order valence-corrected chi connectivity index (χ4v) is 4.40. The minimum atomic E-state index is 0.265. The third-order valence-corrected chi connectivity index (χ3v) is 5.71. The van der Waals surface area contributed by atoms with Crippen LogP contribution in [0.2, 0.25) is 5.02 Å². The molecule has 2 fully saturated rings. The number of hydrogen-bond acceptors (Lipinski definition) is 4. The van der Waals surface area contributed by atoms with E-state index in [2.05, 4.69) is 14.9 Å². The Bertz CT molecular complexity index is 579. The van der Waals surface area contributed by atoms with Crippen molar-refractivity contribution in [2.75, 3.05) is 46.4 Å². The first kappa shape index (κ1) is 18.7. The van der Waals surface area contributed by atoms with Gasteiger partial charge in [0.25, 0.3) is 0 Å². The summed E-state index contributed by atoms with van der Waals surface area (Å²) in [5.74, 6) is 0.310. The lowest BCUT2D eigenvalue weighted by molar-refractivity contribution is -0.139. The molecule has 1 amide bonds. The van der Waals surface area contributed by atoms with E-state index in [1.54, 1.807) is 13.3 Å². The van der Waals surface area contributed by atoms with Gasteiger partial charge >= 0.3 is 0 Å². The second kappa shape index (κ2) is 8.52. The Morgan fingerprint density at radius 2 is 2.16 bits per heavy atom. The van der Waals surface area contributed by atoms with Gasteiger partial charge in [-0.2, -0.15) is 5.10 Å². The average Bonchev–Trinajstić information content (AvgIpc) is 3.02. The molecule has 140 valence electrons. The molecule has 1 aromatic rings. The van der Waals surface area contributed by atoms with Gasteiger partial charge < -0.3 is 14.5 Å². The summed E-state index contributed by atoms with van der Waals surface area (Å²) in [6, 6.07) is 0. The van der Waals surface area contributed by atoms with Crippen molar-refractivity contribution in [3.63, 3.8) is 0 Å². The predicted octanol–water partition coefficient (Wildman–Crippen LogP) is 2.28. The third-order valence-electron chi connectivity index (χ3n) is 5.51. The molecule has 0 saturated carbocycles. The van der Waals surface area contributed by atoms with Crippen molar-refractivity contribution in [3.8, 4) is 0 Å². The maximum atomic E-state index is 12.3. The molecule has 0 aromatic carbocycles. The highest BCUT2D eigenvalue weighted by Gasteiger charge is 2.41. The van der Waals surface area contributed by atoms with Gasteiger partial charge in [0.15, 0.2) is 0 Å². The van der Waals surface area contributed by atoms with E-state index in [4.69, 9.17) is 16.3 Å². The first-order valence-corrected chi connectivity index (χ1v) is 9.65. The summed E-state index contributed by atoms with van der Waals surface area (Å²) in [4.78, 5) is 16.9. The molecule has 0 unspecified atom stereocenters. The van der Waals surface area contributed by atoms with Crippen LogP contribution in [0, 0.1) is 5.41 Å². The van der Waals surface area contributed by atoms with Gasteiger partial charge in [0.05, 0.1) is 17.8 Å². The maximum absolute atomic E-state index is 12.3. The number of nitrogens with zero attached hydrogens (tertiary/aromatic N) is 4. The van der Waals surface area contributed by atoms with Gasteiger partial charge in [0, 0.05) is 57.9 Å². The standard InChI is InChI=1S/C18H29ClN4O2/c1-25-11-3-8-22-15-18(6-4-17(22)24)5-2-7-21(14-18)9-10-23-13-16(19)12-20-23/h12-13H,2-11,14-15H2,1H3/t18-/m0/s1. The molecule has 1 spiro atoms. The zero-order valence-electron chi connectivity index (χ0n) is 15.1. The number of methoxy groups -OCH3 is 1. The Balaban J connectivity index is 1.54. The SMILES string of the molecule is COCCCN1C[C@@]2(CCCN(CCn3cc(Cl)cn3)C2)CCC1=O. The fourth-order valence-electron chi connectivity index (χ4n) is 4.24. The number of hydrogen-bond donors (Lipinski definition) is 0. The predicted molar refractivity (Wildman–Crippen MR) is 97.7 cm³/mol. The molecule has 0 aliphatic carbocycles. The molecule has 6 nitrogen and oxygen atoms in total. The molecule has 3 rings (SSSR count). The van der Waals surface area contributed by atoms with Crippen molar-refractivity contribution in [2.24, 2.45) is 5.41 Å². The molecule has 0 N–H and O–H groups in total. The summed E-state index contributed by atoms with van der Waals surface area (Å²) in [6.07, 6.45) is 8.63. The smallest absolute Gasteiger partial charge is 0.222 e. The zero-order chi connectivity index (χ0) is 17.7. The molecule has 0 bridgehead atoms. The highest BCUT2D eigenvalue weighted by molar-refractivity contribution is 6.30. The van der Waals surface area contributed by atoms with Crippen LogP contribution in [0.15, 0.2) is 12.4 Å². The molecule has 0 radical (unpaired) electrons. The van der Waals surface area contributed by atoms with E-state index in [1.165, 1.54) is 12.8 Å². The van der Waals surface area contributed by atoms with E-state index in [0.29, 0.717) is 17.4 Å². The Hall–Kier alpha value is -1.11. The third kappa shape index (κ3) is 4.96. The zero-order valence-corrected chi connectivity index (χ0v) is 15.9. The summed E-state index contributed by atoms with van der Waals surface area (Å²) >= 11 is 5.94. The van der Waals surface area contributed by atoms with Crippen molar-refractivity contribution >= 4 is 17.5 Å². The second-order valence-corrected chi connectivity index (χ2v) is 7.90. The second-order valence-electron chi connectivity index (χ2n) is 7.46. The summed E-state index contributed by atoms with van der Waals surface area (Å²) in [6.45, 7) is 6.50. The number of halogens is 1. The number of rotatable bonds is 7. The summed E-state index contributed by atoms with van der Waals surface area (Å²) < 4.78 is 7.04. The fraction of sp³-hybridized carbons (Fsp3) is 0.778. The van der Waals surface area contributed by atoms with Crippen LogP contribution in [0.25, 0.3) is 0 Å². The van der Waals surface area contributed by atoms with E-state index in [-0.39, 0.29) is 5.41 Å². The van der Waals surface area contributed by atoms with Crippen LogP contribution in [0.5, 0.6) is 0 Å². The lowest BCUT2D eigenvalue weighted by Gasteiger charge is -2.48. The Labute approximate surface area is 155 Å². The van der Waals surface area contributed by atoms with Gasteiger partial charge in [0.1, 0.15) is 0 Å². The highest BCUT2D eigenvalue weighted by Crippen LogP contribution is 2.38. The minimum absolute atomic E-state index is 0.265. The Kier molecular flexibility index (Phi) is 6.36. The summed E-state index contributed by atoms with van der Waals surface area (Å²) in [7, 11) is 1.71. The average molecular weight is 369 g/mol. The topological polar surface area (TPSA) is 50.6 Å². The van der Waals surface area contributed by atoms with E-state index in [0.717, 1.165) is 58.7 Å². The Morgan fingerprint density at radius 3 is 2.92 bits per heavy atom. The van der Waals surface area contributed by atoms with E-state index >= 15 is 0 Å². The molecule has 1 aromatic heterocycles. The van der Waals surface area contributed by atoms with Gasteiger partial charge in [0.2, 0.25) is 5.91 Å². The summed E-state index contributed by atoms with van der Waals surface area (Å²) in [5, 5.41) is 4.95. The minimum Gasteiger partial charge on any atom is -0.385 e. The van der Waals surface area contributed by atoms with Crippen molar-refractivity contribution in [3.05, 3.63) is 17.4 Å². The largest absolute Gasteiger partial charge is 0.385 e. The van der Waals surface area contributed by atoms with Crippen LogP contribution in [-0.2, 0) is 16.1 Å². The highest BCUT2D eigenvalue weighted by atomic mass is 35.5. The van der Waals surface area contributed by atoms with Crippen LogP contribution < -0.4 is 0 Å². The van der Waals surface area contributed by atoms with E-state index < -0.39 is 0 Å². The normalized spacial score (nSPS) is 25.0. The molecule has 1 atom stereocenters. The molecule has 2 aliphatic heterocycles. The number of aromatic nitrogens is 2. The van der Waals surface area contributed by atoms with Crippen LogP contribution in [0.3, 0.4) is 0 Å². The van der Waals surface area contributed by atoms with Crippen molar-refractivity contribution in [1.29, 1.82) is 0 Å². The molecule has 2 saturated heterocycles. The van der Waals surface area contributed by atoms with Crippen LogP contribution in [-0.4, -0.2) is 71.9 Å². The van der Waals surface area contributed by atoms with Gasteiger partial charge in [-0.05, 0) is 32.2 Å². The van der Waals surface area contributed by atoms with Crippen molar-refractivity contribution in [2.45, 2.75) is 38.6 Å².